The molecule has 0 atom stereocenters. The minimum Gasteiger partial charge on any atom is -0.352 e. The Morgan fingerprint density at radius 1 is 0.848 bits per heavy atom. The first-order valence-electron chi connectivity index (χ1n) is 10.9. The van der Waals surface area contributed by atoms with Crippen LogP contribution in [0.2, 0.25) is 0 Å². The van der Waals surface area contributed by atoms with E-state index in [1.807, 2.05) is 60.2 Å². The number of anilines is 1. The largest absolute Gasteiger partial charge is 0.352 e. The zero-order valence-corrected chi connectivity index (χ0v) is 18.5. The minimum absolute atomic E-state index is 0.215. The fourth-order valence-corrected chi connectivity index (χ4v) is 3.57. The number of benzene rings is 3. The number of nitrogens with one attached hydrogen (secondary N) is 2. The van der Waals surface area contributed by atoms with Crippen molar-refractivity contribution in [3.8, 4) is 0 Å². The zero-order chi connectivity index (χ0) is 23.0. The van der Waals surface area contributed by atoms with Crippen LogP contribution in [0, 0.1) is 6.92 Å². The summed E-state index contributed by atoms with van der Waals surface area (Å²) >= 11 is 0. The summed E-state index contributed by atoms with van der Waals surface area (Å²) in [7, 11) is 0. The number of rotatable bonds is 8. The van der Waals surface area contributed by atoms with E-state index in [1.165, 1.54) is 0 Å². The van der Waals surface area contributed by atoms with Crippen molar-refractivity contribution in [2.75, 3.05) is 11.9 Å². The summed E-state index contributed by atoms with van der Waals surface area (Å²) in [6.45, 7) is 3.17. The molecule has 0 spiro atoms. The lowest BCUT2D eigenvalue weighted by Crippen LogP contribution is -2.27. The molecule has 6 nitrogen and oxygen atoms in total. The highest BCUT2D eigenvalue weighted by molar-refractivity contribution is 6.09. The maximum absolute atomic E-state index is 12.8. The molecule has 1 heterocycles. The Hall–Kier alpha value is -4.19. The lowest BCUT2D eigenvalue weighted by molar-refractivity contribution is 0.0955. The van der Waals surface area contributed by atoms with Crippen LogP contribution in [0.3, 0.4) is 0 Å². The number of hydrogen-bond acceptors (Lipinski definition) is 3. The van der Waals surface area contributed by atoms with Gasteiger partial charge in [-0.05, 0) is 48.7 Å². The molecule has 3 aromatic carbocycles. The molecule has 0 fully saturated rings. The lowest BCUT2D eigenvalue weighted by Gasteiger charge is -2.12. The predicted molar refractivity (Wildman–Crippen MR) is 129 cm³/mol. The molecule has 2 N–H and O–H groups in total. The Morgan fingerprint density at radius 2 is 1.58 bits per heavy atom. The van der Waals surface area contributed by atoms with Crippen LogP contribution < -0.4 is 10.6 Å². The molecule has 33 heavy (non-hydrogen) atoms. The topological polar surface area (TPSA) is 76.0 Å². The van der Waals surface area contributed by atoms with Crippen molar-refractivity contribution in [1.29, 1.82) is 0 Å². The number of nitrogens with zero attached hydrogens (tertiary/aromatic N) is 2. The highest BCUT2D eigenvalue weighted by Gasteiger charge is 2.14. The van der Waals surface area contributed by atoms with Crippen LogP contribution in [0.25, 0.3) is 0 Å². The van der Waals surface area contributed by atoms with Crippen LogP contribution in [0.1, 0.15) is 37.7 Å². The molecule has 0 aliphatic heterocycles. The molecule has 4 aromatic rings. The SMILES string of the molecule is Cc1nccn1Cc1ccc(C(=O)Nc2ccccc2C(=O)NCCc2ccccc2)cc1. The summed E-state index contributed by atoms with van der Waals surface area (Å²) in [5.41, 5.74) is 3.68. The van der Waals surface area contributed by atoms with E-state index in [4.69, 9.17) is 0 Å². The summed E-state index contributed by atoms with van der Waals surface area (Å²) in [4.78, 5) is 29.8. The van der Waals surface area contributed by atoms with Gasteiger partial charge in [0.2, 0.25) is 0 Å². The normalized spacial score (nSPS) is 10.6. The number of hydrogen-bond donors (Lipinski definition) is 2. The second kappa shape index (κ2) is 10.4. The van der Waals surface area contributed by atoms with Gasteiger partial charge in [-0.15, -0.1) is 0 Å². The molecule has 1 aromatic heterocycles. The molecule has 0 radical (unpaired) electrons. The highest BCUT2D eigenvalue weighted by Crippen LogP contribution is 2.17. The third-order valence-electron chi connectivity index (χ3n) is 5.45. The van der Waals surface area contributed by atoms with Crippen LogP contribution in [0.15, 0.2) is 91.3 Å². The number of amides is 2. The summed E-state index contributed by atoms with van der Waals surface area (Å²) in [5, 5.41) is 5.81. The number of imidazole rings is 1. The van der Waals surface area contributed by atoms with Crippen molar-refractivity contribution in [3.63, 3.8) is 0 Å². The van der Waals surface area contributed by atoms with E-state index in [-0.39, 0.29) is 11.8 Å². The van der Waals surface area contributed by atoms with E-state index in [1.54, 1.807) is 42.6 Å². The van der Waals surface area contributed by atoms with E-state index >= 15 is 0 Å². The van der Waals surface area contributed by atoms with Crippen molar-refractivity contribution in [2.24, 2.45) is 0 Å². The van der Waals surface area contributed by atoms with E-state index in [2.05, 4.69) is 15.6 Å². The van der Waals surface area contributed by atoms with Crippen LogP contribution in [-0.4, -0.2) is 27.9 Å². The molecule has 2 amide bonds. The molecule has 6 heteroatoms. The number of para-hydroxylation sites is 1. The molecule has 0 bridgehead atoms. The van der Waals surface area contributed by atoms with Crippen LogP contribution in [-0.2, 0) is 13.0 Å². The average Bonchev–Trinajstić information content (AvgIpc) is 3.24. The first-order chi connectivity index (χ1) is 16.1. The molecule has 4 rings (SSSR count). The molecule has 0 saturated heterocycles. The van der Waals surface area contributed by atoms with Crippen molar-refractivity contribution in [1.82, 2.24) is 14.9 Å². The molecule has 0 aliphatic rings. The van der Waals surface area contributed by atoms with Gasteiger partial charge in [-0.1, -0.05) is 54.6 Å². The van der Waals surface area contributed by atoms with E-state index in [0.29, 0.717) is 29.9 Å². The van der Waals surface area contributed by atoms with Crippen molar-refractivity contribution >= 4 is 17.5 Å². The second-order valence-corrected chi connectivity index (χ2v) is 7.79. The maximum atomic E-state index is 12.8. The standard InChI is InChI=1S/C27H26N4O2/c1-20-28-17-18-31(20)19-22-11-13-23(14-12-22)26(32)30-25-10-6-5-9-24(25)27(33)29-16-15-21-7-3-2-4-8-21/h2-14,17-18H,15-16,19H2,1H3,(H,29,33)(H,30,32). The monoisotopic (exact) mass is 438 g/mol. The Labute approximate surface area is 193 Å². The number of aryl methyl sites for hydroxylation is 1. The number of carbonyl (C=O) groups excluding carboxylic acids is 2. The van der Waals surface area contributed by atoms with Crippen LogP contribution in [0.4, 0.5) is 5.69 Å². The molecule has 0 saturated carbocycles. The fourth-order valence-electron chi connectivity index (χ4n) is 3.57. The van der Waals surface area contributed by atoms with Crippen LogP contribution in [0.5, 0.6) is 0 Å². The van der Waals surface area contributed by atoms with Crippen molar-refractivity contribution in [2.45, 2.75) is 19.9 Å². The van der Waals surface area contributed by atoms with E-state index in [9.17, 15) is 9.59 Å². The van der Waals surface area contributed by atoms with Gasteiger partial charge in [0.1, 0.15) is 5.82 Å². The van der Waals surface area contributed by atoms with Gasteiger partial charge in [-0.3, -0.25) is 9.59 Å². The van der Waals surface area contributed by atoms with Gasteiger partial charge < -0.3 is 15.2 Å². The van der Waals surface area contributed by atoms with Gasteiger partial charge in [-0.25, -0.2) is 4.98 Å². The first kappa shape index (κ1) is 22.0. The molecule has 0 aliphatic carbocycles. The van der Waals surface area contributed by atoms with E-state index in [0.717, 1.165) is 23.4 Å². The summed E-state index contributed by atoms with van der Waals surface area (Å²) in [6.07, 6.45) is 4.44. The predicted octanol–water partition coefficient (Wildman–Crippen LogP) is 4.46. The van der Waals surface area contributed by atoms with E-state index < -0.39 is 0 Å². The summed E-state index contributed by atoms with van der Waals surface area (Å²) in [6, 6.07) is 24.5. The Morgan fingerprint density at radius 3 is 2.30 bits per heavy atom. The quantitative estimate of drug-likeness (QED) is 0.426. The number of carbonyl (C=O) groups is 2. The second-order valence-electron chi connectivity index (χ2n) is 7.79. The van der Waals surface area contributed by atoms with Gasteiger partial charge in [0.05, 0.1) is 11.3 Å². The molecule has 166 valence electrons. The lowest BCUT2D eigenvalue weighted by atomic mass is 10.1. The van der Waals surface area contributed by atoms with Crippen LogP contribution >= 0.6 is 0 Å². The molecular formula is C27H26N4O2. The van der Waals surface area contributed by atoms with Gasteiger partial charge in [0, 0.05) is 31.0 Å². The molecule has 0 unspecified atom stereocenters. The third-order valence-corrected chi connectivity index (χ3v) is 5.45. The van der Waals surface area contributed by atoms with Gasteiger partial charge in [0.25, 0.3) is 11.8 Å². The highest BCUT2D eigenvalue weighted by atomic mass is 16.2. The Balaban J connectivity index is 1.38. The first-order valence-corrected chi connectivity index (χ1v) is 10.9. The Bertz CT molecular complexity index is 1230. The van der Waals surface area contributed by atoms with Crippen molar-refractivity contribution < 1.29 is 9.59 Å². The minimum atomic E-state index is -0.259. The fraction of sp³-hybridized carbons (Fsp3) is 0.148. The summed E-state index contributed by atoms with van der Waals surface area (Å²) in [5.74, 6) is 0.466. The summed E-state index contributed by atoms with van der Waals surface area (Å²) < 4.78 is 2.04. The average molecular weight is 439 g/mol. The number of aromatic nitrogens is 2. The smallest absolute Gasteiger partial charge is 0.255 e. The van der Waals surface area contributed by atoms with Gasteiger partial charge in [-0.2, -0.15) is 0 Å². The third kappa shape index (κ3) is 5.74. The maximum Gasteiger partial charge on any atom is 0.255 e. The van der Waals surface area contributed by atoms with Gasteiger partial charge >= 0.3 is 0 Å². The van der Waals surface area contributed by atoms with Crippen molar-refractivity contribution in [3.05, 3.63) is 119 Å². The molecular weight excluding hydrogens is 412 g/mol. The zero-order valence-electron chi connectivity index (χ0n) is 18.5. The Kier molecular flexibility index (Phi) is 6.95. The van der Waals surface area contributed by atoms with Gasteiger partial charge in [0.15, 0.2) is 0 Å².